The van der Waals surface area contributed by atoms with Gasteiger partial charge < -0.3 is 10.4 Å². The molecule has 0 unspecified atom stereocenters. The fraction of sp³-hybridized carbons (Fsp3) is 0.167. The van der Waals surface area contributed by atoms with E-state index in [0.717, 1.165) is 10.2 Å². The number of halogens is 2. The highest BCUT2D eigenvalue weighted by Crippen LogP contribution is 2.29. The molecule has 1 aromatic carbocycles. The third-order valence-electron chi connectivity index (χ3n) is 2.57. The standard InChI is InChI=1S/C12H10BrClN4O3/c1-6-2-7(13)9(3-8(6)14)15-12(21)10-4-18(17-16-10)5-11(19)20/h2-4H,5H2,1H3,(H,15,21)(H,19,20). The molecule has 2 aromatic rings. The van der Waals surface area contributed by atoms with Crippen LogP contribution in [0.5, 0.6) is 0 Å². The van der Waals surface area contributed by atoms with Gasteiger partial charge >= 0.3 is 5.97 Å². The predicted molar refractivity (Wildman–Crippen MR) is 79.5 cm³/mol. The Kier molecular flexibility index (Phi) is 4.59. The minimum absolute atomic E-state index is 0.0137. The van der Waals surface area contributed by atoms with Gasteiger partial charge in [0, 0.05) is 9.50 Å². The number of carboxylic acids is 1. The lowest BCUT2D eigenvalue weighted by Gasteiger charge is -2.08. The Morgan fingerprint density at radius 3 is 2.86 bits per heavy atom. The molecule has 110 valence electrons. The molecule has 1 amide bonds. The average molecular weight is 374 g/mol. The van der Waals surface area contributed by atoms with E-state index in [0.29, 0.717) is 15.2 Å². The number of aromatic nitrogens is 3. The van der Waals surface area contributed by atoms with Crippen molar-refractivity contribution in [2.24, 2.45) is 0 Å². The summed E-state index contributed by atoms with van der Waals surface area (Å²) in [5.41, 5.74) is 1.37. The van der Waals surface area contributed by atoms with Crippen LogP contribution in [0.15, 0.2) is 22.8 Å². The fourth-order valence-electron chi connectivity index (χ4n) is 1.55. The zero-order valence-electron chi connectivity index (χ0n) is 10.8. The highest BCUT2D eigenvalue weighted by atomic mass is 79.9. The predicted octanol–water partition coefficient (Wildman–Crippen LogP) is 2.34. The van der Waals surface area contributed by atoms with Gasteiger partial charge in [-0.05, 0) is 40.5 Å². The first kappa shape index (κ1) is 15.5. The van der Waals surface area contributed by atoms with Crippen LogP contribution in [0.2, 0.25) is 5.02 Å². The maximum Gasteiger partial charge on any atom is 0.325 e. The Morgan fingerprint density at radius 2 is 2.19 bits per heavy atom. The Bertz CT molecular complexity index is 717. The summed E-state index contributed by atoms with van der Waals surface area (Å²) in [6.45, 7) is 1.48. The van der Waals surface area contributed by atoms with Gasteiger partial charge in [0.1, 0.15) is 6.54 Å². The number of carbonyl (C=O) groups excluding carboxylic acids is 1. The second-order valence-electron chi connectivity index (χ2n) is 4.23. The summed E-state index contributed by atoms with van der Waals surface area (Å²) in [6.07, 6.45) is 1.26. The molecule has 7 nitrogen and oxygen atoms in total. The summed E-state index contributed by atoms with van der Waals surface area (Å²) in [6, 6.07) is 3.39. The van der Waals surface area contributed by atoms with E-state index in [-0.39, 0.29) is 12.2 Å². The number of carbonyl (C=O) groups is 2. The number of nitrogens with one attached hydrogen (secondary N) is 1. The Labute approximate surface area is 133 Å². The lowest BCUT2D eigenvalue weighted by atomic mass is 10.2. The topological polar surface area (TPSA) is 97.1 Å². The third-order valence-corrected chi connectivity index (χ3v) is 3.63. The molecule has 9 heteroatoms. The fourth-order valence-corrected chi connectivity index (χ4v) is 2.27. The SMILES string of the molecule is Cc1cc(Br)c(NC(=O)c2cn(CC(=O)O)nn2)cc1Cl. The van der Waals surface area contributed by atoms with Crippen molar-refractivity contribution >= 4 is 45.1 Å². The molecular weight excluding hydrogens is 364 g/mol. The second kappa shape index (κ2) is 6.23. The summed E-state index contributed by atoms with van der Waals surface area (Å²) in [4.78, 5) is 22.6. The maximum absolute atomic E-state index is 12.0. The Hall–Kier alpha value is -1.93. The number of amides is 1. The minimum Gasteiger partial charge on any atom is -0.480 e. The number of benzene rings is 1. The number of anilines is 1. The molecule has 0 aliphatic heterocycles. The molecule has 0 aliphatic rings. The van der Waals surface area contributed by atoms with Crippen LogP contribution in [0.1, 0.15) is 16.1 Å². The van der Waals surface area contributed by atoms with E-state index < -0.39 is 11.9 Å². The van der Waals surface area contributed by atoms with E-state index >= 15 is 0 Å². The van der Waals surface area contributed by atoms with E-state index in [1.54, 1.807) is 12.1 Å². The normalized spacial score (nSPS) is 10.4. The van der Waals surface area contributed by atoms with Crippen molar-refractivity contribution in [3.05, 3.63) is 39.1 Å². The quantitative estimate of drug-likeness (QED) is 0.857. The zero-order valence-corrected chi connectivity index (χ0v) is 13.1. The second-order valence-corrected chi connectivity index (χ2v) is 5.49. The van der Waals surface area contributed by atoms with Gasteiger partial charge in [0.25, 0.3) is 5.91 Å². The van der Waals surface area contributed by atoms with Crippen LogP contribution in [-0.4, -0.2) is 32.0 Å². The van der Waals surface area contributed by atoms with Crippen LogP contribution in [0.25, 0.3) is 0 Å². The van der Waals surface area contributed by atoms with Crippen molar-refractivity contribution < 1.29 is 14.7 Å². The molecule has 1 aromatic heterocycles. The van der Waals surface area contributed by atoms with Crippen LogP contribution in [0.3, 0.4) is 0 Å². The molecule has 2 N–H and O–H groups in total. The summed E-state index contributed by atoms with van der Waals surface area (Å²) in [5, 5.41) is 19.0. The number of carboxylic acid groups (broad SMARTS) is 1. The molecule has 0 spiro atoms. The van der Waals surface area contributed by atoms with Crippen LogP contribution in [0, 0.1) is 6.92 Å². The third kappa shape index (κ3) is 3.79. The molecule has 0 atom stereocenters. The van der Waals surface area contributed by atoms with Crippen LogP contribution < -0.4 is 5.32 Å². The highest BCUT2D eigenvalue weighted by molar-refractivity contribution is 9.10. The summed E-state index contributed by atoms with van der Waals surface area (Å²) < 4.78 is 1.74. The Balaban J connectivity index is 2.16. The summed E-state index contributed by atoms with van der Waals surface area (Å²) in [7, 11) is 0. The number of hydrogen-bond acceptors (Lipinski definition) is 4. The van der Waals surface area contributed by atoms with Crippen molar-refractivity contribution in [3.8, 4) is 0 Å². The van der Waals surface area contributed by atoms with Crippen molar-refractivity contribution in [1.82, 2.24) is 15.0 Å². The molecule has 2 rings (SSSR count). The summed E-state index contributed by atoms with van der Waals surface area (Å²) >= 11 is 9.34. The molecule has 0 bridgehead atoms. The van der Waals surface area contributed by atoms with Gasteiger partial charge in [0.15, 0.2) is 5.69 Å². The van der Waals surface area contributed by atoms with Gasteiger partial charge in [-0.1, -0.05) is 16.8 Å². The largest absolute Gasteiger partial charge is 0.480 e. The van der Waals surface area contributed by atoms with Gasteiger partial charge in [0.05, 0.1) is 11.9 Å². The van der Waals surface area contributed by atoms with E-state index in [1.807, 2.05) is 6.92 Å². The molecule has 0 saturated heterocycles. The first-order valence-corrected chi connectivity index (χ1v) is 6.93. The van der Waals surface area contributed by atoms with Gasteiger partial charge in [-0.2, -0.15) is 0 Å². The lowest BCUT2D eigenvalue weighted by molar-refractivity contribution is -0.137. The molecule has 0 fully saturated rings. The minimum atomic E-state index is -1.07. The van der Waals surface area contributed by atoms with Gasteiger partial charge in [0.2, 0.25) is 0 Å². The monoisotopic (exact) mass is 372 g/mol. The zero-order chi connectivity index (χ0) is 15.6. The van der Waals surface area contributed by atoms with E-state index in [4.69, 9.17) is 16.7 Å². The molecular formula is C12H10BrClN4O3. The van der Waals surface area contributed by atoms with Gasteiger partial charge in [-0.15, -0.1) is 5.10 Å². The van der Waals surface area contributed by atoms with E-state index in [1.165, 1.54) is 6.20 Å². The van der Waals surface area contributed by atoms with E-state index in [2.05, 4.69) is 31.6 Å². The van der Waals surface area contributed by atoms with Crippen molar-refractivity contribution in [3.63, 3.8) is 0 Å². The number of aryl methyl sites for hydroxylation is 1. The van der Waals surface area contributed by atoms with Crippen LogP contribution in [-0.2, 0) is 11.3 Å². The number of rotatable bonds is 4. The lowest BCUT2D eigenvalue weighted by Crippen LogP contribution is -2.13. The Morgan fingerprint density at radius 1 is 1.48 bits per heavy atom. The molecule has 0 saturated carbocycles. The van der Waals surface area contributed by atoms with E-state index in [9.17, 15) is 9.59 Å². The summed E-state index contributed by atoms with van der Waals surface area (Å²) in [5.74, 6) is -1.58. The van der Waals surface area contributed by atoms with Crippen LogP contribution >= 0.6 is 27.5 Å². The van der Waals surface area contributed by atoms with Crippen LogP contribution in [0.4, 0.5) is 5.69 Å². The van der Waals surface area contributed by atoms with Crippen molar-refractivity contribution in [2.75, 3.05) is 5.32 Å². The van der Waals surface area contributed by atoms with Crippen molar-refractivity contribution in [2.45, 2.75) is 13.5 Å². The molecule has 21 heavy (non-hydrogen) atoms. The van der Waals surface area contributed by atoms with Gasteiger partial charge in [-0.3, -0.25) is 9.59 Å². The number of nitrogens with zero attached hydrogens (tertiary/aromatic N) is 3. The molecule has 0 radical (unpaired) electrons. The van der Waals surface area contributed by atoms with Gasteiger partial charge in [-0.25, -0.2) is 4.68 Å². The smallest absolute Gasteiger partial charge is 0.325 e. The highest BCUT2D eigenvalue weighted by Gasteiger charge is 2.14. The molecule has 0 aliphatic carbocycles. The molecule has 1 heterocycles. The van der Waals surface area contributed by atoms with Crippen molar-refractivity contribution in [1.29, 1.82) is 0 Å². The number of hydrogen-bond donors (Lipinski definition) is 2. The first-order valence-electron chi connectivity index (χ1n) is 5.75. The first-order chi connectivity index (χ1) is 9.86. The average Bonchev–Trinajstić information content (AvgIpc) is 2.83. The number of aliphatic carboxylic acids is 1. The maximum atomic E-state index is 12.0.